The first-order valence-electron chi connectivity index (χ1n) is 4.64. The van der Waals surface area contributed by atoms with Crippen LogP contribution in [0.25, 0.3) is 5.78 Å². The summed E-state index contributed by atoms with van der Waals surface area (Å²) in [5, 5.41) is 0. The number of imidazole rings is 1. The van der Waals surface area contributed by atoms with Crippen LogP contribution in [0.1, 0.15) is 29.5 Å². The van der Waals surface area contributed by atoms with Crippen LogP contribution in [0, 0.1) is 0 Å². The van der Waals surface area contributed by atoms with Gasteiger partial charge in [0.15, 0.2) is 6.29 Å². The van der Waals surface area contributed by atoms with Crippen LogP contribution >= 0.6 is 0 Å². The SMILES string of the molecule is CCCc1nc2ncccn2c1C=O. The summed E-state index contributed by atoms with van der Waals surface area (Å²) < 4.78 is 1.72. The van der Waals surface area contributed by atoms with E-state index in [1.54, 1.807) is 22.9 Å². The van der Waals surface area contributed by atoms with Crippen LogP contribution in [-0.4, -0.2) is 20.7 Å². The van der Waals surface area contributed by atoms with Gasteiger partial charge in [-0.25, -0.2) is 9.97 Å². The van der Waals surface area contributed by atoms with E-state index < -0.39 is 0 Å². The maximum absolute atomic E-state index is 10.9. The van der Waals surface area contributed by atoms with E-state index in [2.05, 4.69) is 16.9 Å². The molecule has 0 fully saturated rings. The third kappa shape index (κ3) is 1.28. The number of hydrogen-bond acceptors (Lipinski definition) is 3. The number of carbonyl (C=O) groups is 1. The molecule has 0 amide bonds. The largest absolute Gasteiger partial charge is 0.296 e. The van der Waals surface area contributed by atoms with Gasteiger partial charge in [-0.15, -0.1) is 0 Å². The van der Waals surface area contributed by atoms with Crippen molar-refractivity contribution >= 4 is 12.1 Å². The van der Waals surface area contributed by atoms with Gasteiger partial charge in [-0.05, 0) is 12.5 Å². The van der Waals surface area contributed by atoms with Gasteiger partial charge in [0.05, 0.1) is 5.69 Å². The second-order valence-corrected chi connectivity index (χ2v) is 3.10. The minimum Gasteiger partial charge on any atom is -0.296 e. The van der Waals surface area contributed by atoms with E-state index in [1.807, 2.05) is 0 Å². The normalized spacial score (nSPS) is 10.6. The van der Waals surface area contributed by atoms with Crippen LogP contribution in [0.4, 0.5) is 0 Å². The Hall–Kier alpha value is -1.71. The Morgan fingerprint density at radius 1 is 1.57 bits per heavy atom. The van der Waals surface area contributed by atoms with Gasteiger partial charge >= 0.3 is 0 Å². The molecule has 2 aromatic heterocycles. The Labute approximate surface area is 81.6 Å². The lowest BCUT2D eigenvalue weighted by atomic mass is 10.2. The fraction of sp³-hybridized carbons (Fsp3) is 0.300. The summed E-state index contributed by atoms with van der Waals surface area (Å²) in [6, 6.07) is 1.79. The van der Waals surface area contributed by atoms with Crippen molar-refractivity contribution in [2.45, 2.75) is 19.8 Å². The Bertz CT molecular complexity index is 461. The van der Waals surface area contributed by atoms with Gasteiger partial charge in [-0.1, -0.05) is 13.3 Å². The van der Waals surface area contributed by atoms with Gasteiger partial charge in [0, 0.05) is 12.4 Å². The third-order valence-electron chi connectivity index (χ3n) is 2.12. The highest BCUT2D eigenvalue weighted by molar-refractivity contribution is 5.75. The molecule has 0 atom stereocenters. The van der Waals surface area contributed by atoms with Crippen molar-refractivity contribution in [3.05, 3.63) is 29.8 Å². The Morgan fingerprint density at radius 3 is 3.14 bits per heavy atom. The smallest absolute Gasteiger partial charge is 0.234 e. The number of nitrogens with zero attached hydrogens (tertiary/aromatic N) is 3. The molecule has 2 rings (SSSR count). The Kier molecular flexibility index (Phi) is 2.26. The van der Waals surface area contributed by atoms with E-state index in [1.165, 1.54) is 0 Å². The number of carbonyl (C=O) groups excluding carboxylic acids is 1. The molecule has 4 heteroatoms. The van der Waals surface area contributed by atoms with E-state index in [0.29, 0.717) is 11.5 Å². The highest BCUT2D eigenvalue weighted by Gasteiger charge is 2.10. The lowest BCUT2D eigenvalue weighted by Crippen LogP contribution is -1.94. The van der Waals surface area contributed by atoms with Crippen LogP contribution in [0.2, 0.25) is 0 Å². The number of aryl methyl sites for hydroxylation is 1. The summed E-state index contributed by atoms with van der Waals surface area (Å²) in [5.41, 5.74) is 1.45. The topological polar surface area (TPSA) is 47.3 Å². The average Bonchev–Trinajstić information content (AvgIpc) is 2.55. The molecule has 0 aliphatic rings. The molecule has 2 aromatic rings. The second-order valence-electron chi connectivity index (χ2n) is 3.10. The van der Waals surface area contributed by atoms with Crippen molar-refractivity contribution < 1.29 is 4.79 Å². The van der Waals surface area contributed by atoms with Crippen molar-refractivity contribution in [3.8, 4) is 0 Å². The van der Waals surface area contributed by atoms with Crippen molar-refractivity contribution in [1.82, 2.24) is 14.4 Å². The molecule has 0 bridgehead atoms. The molecule has 0 aliphatic heterocycles. The quantitative estimate of drug-likeness (QED) is 0.687. The summed E-state index contributed by atoms with van der Waals surface area (Å²) in [5.74, 6) is 0.595. The van der Waals surface area contributed by atoms with Gasteiger partial charge < -0.3 is 0 Å². The van der Waals surface area contributed by atoms with Gasteiger partial charge in [-0.3, -0.25) is 9.20 Å². The molecule has 72 valence electrons. The van der Waals surface area contributed by atoms with Crippen LogP contribution in [-0.2, 0) is 6.42 Å². The first-order chi connectivity index (χ1) is 6.86. The van der Waals surface area contributed by atoms with Gasteiger partial charge in [0.2, 0.25) is 5.78 Å². The van der Waals surface area contributed by atoms with Crippen LogP contribution in [0.5, 0.6) is 0 Å². The number of hydrogen-bond donors (Lipinski definition) is 0. The lowest BCUT2D eigenvalue weighted by Gasteiger charge is -1.93. The summed E-state index contributed by atoms with van der Waals surface area (Å²) >= 11 is 0. The first kappa shape index (κ1) is 8.87. The monoisotopic (exact) mass is 189 g/mol. The molecule has 0 saturated heterocycles. The lowest BCUT2D eigenvalue weighted by molar-refractivity contribution is 0.111. The van der Waals surface area contributed by atoms with Crippen LogP contribution < -0.4 is 0 Å². The number of rotatable bonds is 3. The molecule has 0 spiro atoms. The molecule has 2 heterocycles. The van der Waals surface area contributed by atoms with Crippen LogP contribution in [0.3, 0.4) is 0 Å². The van der Waals surface area contributed by atoms with E-state index in [0.717, 1.165) is 24.8 Å². The zero-order valence-electron chi connectivity index (χ0n) is 7.97. The molecule has 4 nitrogen and oxygen atoms in total. The summed E-state index contributed by atoms with van der Waals surface area (Å²) in [6.45, 7) is 2.06. The summed E-state index contributed by atoms with van der Waals surface area (Å²) in [7, 11) is 0. The van der Waals surface area contributed by atoms with Gasteiger partial charge in [0.1, 0.15) is 5.69 Å². The molecular formula is C10H11N3O. The Morgan fingerprint density at radius 2 is 2.43 bits per heavy atom. The standard InChI is InChI=1S/C10H11N3O/c1-2-4-8-9(7-14)13-6-3-5-11-10(13)12-8/h3,5-7H,2,4H2,1H3. The molecule has 0 radical (unpaired) electrons. The molecule has 14 heavy (non-hydrogen) atoms. The molecule has 0 saturated carbocycles. The first-order valence-corrected chi connectivity index (χ1v) is 4.64. The molecule has 0 unspecified atom stereocenters. The number of aromatic nitrogens is 3. The van der Waals surface area contributed by atoms with Crippen molar-refractivity contribution in [2.24, 2.45) is 0 Å². The van der Waals surface area contributed by atoms with Crippen molar-refractivity contribution in [3.63, 3.8) is 0 Å². The third-order valence-corrected chi connectivity index (χ3v) is 2.12. The minimum atomic E-state index is 0.595. The fourth-order valence-corrected chi connectivity index (χ4v) is 1.50. The number of fused-ring (bicyclic) bond motifs is 1. The maximum atomic E-state index is 10.9. The molecule has 0 aromatic carbocycles. The minimum absolute atomic E-state index is 0.595. The Balaban J connectivity index is 2.65. The predicted molar refractivity (Wildman–Crippen MR) is 52.4 cm³/mol. The van der Waals surface area contributed by atoms with Gasteiger partial charge in [-0.2, -0.15) is 0 Å². The highest BCUT2D eigenvalue weighted by Crippen LogP contribution is 2.10. The summed E-state index contributed by atoms with van der Waals surface area (Å²) in [6.07, 6.45) is 6.11. The van der Waals surface area contributed by atoms with Crippen molar-refractivity contribution in [2.75, 3.05) is 0 Å². The molecular weight excluding hydrogens is 178 g/mol. The fourth-order valence-electron chi connectivity index (χ4n) is 1.50. The zero-order valence-corrected chi connectivity index (χ0v) is 7.97. The van der Waals surface area contributed by atoms with E-state index in [4.69, 9.17) is 0 Å². The highest BCUT2D eigenvalue weighted by atomic mass is 16.1. The predicted octanol–water partition coefficient (Wildman–Crippen LogP) is 1.49. The van der Waals surface area contributed by atoms with Crippen molar-refractivity contribution in [1.29, 1.82) is 0 Å². The molecule has 0 N–H and O–H groups in total. The second kappa shape index (κ2) is 3.57. The number of aldehydes is 1. The van der Waals surface area contributed by atoms with Crippen LogP contribution in [0.15, 0.2) is 18.5 Å². The van der Waals surface area contributed by atoms with E-state index in [-0.39, 0.29) is 0 Å². The average molecular weight is 189 g/mol. The van der Waals surface area contributed by atoms with E-state index in [9.17, 15) is 4.79 Å². The summed E-state index contributed by atoms with van der Waals surface area (Å²) in [4.78, 5) is 19.3. The maximum Gasteiger partial charge on any atom is 0.234 e. The zero-order chi connectivity index (χ0) is 9.97. The van der Waals surface area contributed by atoms with E-state index >= 15 is 0 Å². The molecule has 0 aliphatic carbocycles. The van der Waals surface area contributed by atoms with Gasteiger partial charge in [0.25, 0.3) is 0 Å².